The van der Waals surface area contributed by atoms with Gasteiger partial charge >= 0.3 is 5.69 Å². The van der Waals surface area contributed by atoms with E-state index in [0.29, 0.717) is 18.7 Å². The van der Waals surface area contributed by atoms with Crippen LogP contribution in [0, 0.1) is 17.0 Å². The second-order valence-electron chi connectivity index (χ2n) is 3.83. The molecule has 1 amide bonds. The molecule has 2 N–H and O–H groups in total. The summed E-state index contributed by atoms with van der Waals surface area (Å²) >= 11 is 0. The van der Waals surface area contributed by atoms with Gasteiger partial charge in [-0.3, -0.25) is 14.9 Å². The van der Waals surface area contributed by atoms with Gasteiger partial charge in [0.15, 0.2) is 0 Å². The molecule has 0 atom stereocenters. The highest BCUT2D eigenvalue weighted by molar-refractivity contribution is 5.81. The fourth-order valence-corrected chi connectivity index (χ4v) is 1.35. The zero-order valence-corrected chi connectivity index (χ0v) is 10.8. The molecule has 0 saturated heterocycles. The molecule has 1 aromatic heterocycles. The van der Waals surface area contributed by atoms with E-state index in [1.165, 1.54) is 19.4 Å². The van der Waals surface area contributed by atoms with Crippen molar-refractivity contribution < 1.29 is 14.5 Å². The Morgan fingerprint density at radius 3 is 2.95 bits per heavy atom. The first kappa shape index (κ1) is 14.8. The standard InChI is InChI=1S/C11H16N4O4/c1-8-5-9(15(17)18)11(13-6-8)14-7-10(16)12-3-4-19-2/h5-6H,3-4,7H2,1-2H3,(H,12,16)(H,13,14). The first-order chi connectivity index (χ1) is 9.04. The highest BCUT2D eigenvalue weighted by Crippen LogP contribution is 2.21. The number of rotatable bonds is 7. The lowest BCUT2D eigenvalue weighted by atomic mass is 10.3. The van der Waals surface area contributed by atoms with Gasteiger partial charge in [0.2, 0.25) is 11.7 Å². The van der Waals surface area contributed by atoms with Crippen molar-refractivity contribution in [1.82, 2.24) is 10.3 Å². The molecule has 0 saturated carbocycles. The monoisotopic (exact) mass is 268 g/mol. The number of aromatic nitrogens is 1. The van der Waals surface area contributed by atoms with E-state index in [-0.39, 0.29) is 24.0 Å². The number of nitro groups is 1. The summed E-state index contributed by atoms with van der Waals surface area (Å²) in [6.45, 7) is 2.43. The molecular weight excluding hydrogens is 252 g/mol. The van der Waals surface area contributed by atoms with Gasteiger partial charge in [0.05, 0.1) is 18.1 Å². The van der Waals surface area contributed by atoms with Crippen LogP contribution in [0.3, 0.4) is 0 Å². The van der Waals surface area contributed by atoms with Gasteiger partial charge in [-0.15, -0.1) is 0 Å². The summed E-state index contributed by atoms with van der Waals surface area (Å²) in [7, 11) is 1.53. The molecule has 0 unspecified atom stereocenters. The third-order valence-corrected chi connectivity index (χ3v) is 2.25. The Morgan fingerprint density at radius 2 is 2.32 bits per heavy atom. The number of anilines is 1. The number of ether oxygens (including phenoxy) is 1. The van der Waals surface area contributed by atoms with Crippen LogP contribution in [0.25, 0.3) is 0 Å². The van der Waals surface area contributed by atoms with Gasteiger partial charge in [-0.2, -0.15) is 0 Å². The molecule has 19 heavy (non-hydrogen) atoms. The molecular formula is C11H16N4O4. The minimum Gasteiger partial charge on any atom is -0.383 e. The second kappa shape index (κ2) is 7.27. The zero-order valence-electron chi connectivity index (χ0n) is 10.8. The first-order valence-electron chi connectivity index (χ1n) is 5.65. The molecule has 0 aliphatic carbocycles. The maximum atomic E-state index is 11.4. The lowest BCUT2D eigenvalue weighted by molar-refractivity contribution is -0.384. The fraction of sp³-hybridized carbons (Fsp3) is 0.455. The lowest BCUT2D eigenvalue weighted by Gasteiger charge is -2.07. The number of aryl methyl sites for hydroxylation is 1. The summed E-state index contributed by atoms with van der Waals surface area (Å²) in [6, 6.07) is 1.40. The van der Waals surface area contributed by atoms with E-state index in [9.17, 15) is 14.9 Å². The van der Waals surface area contributed by atoms with Crippen LogP contribution in [-0.2, 0) is 9.53 Å². The summed E-state index contributed by atoms with van der Waals surface area (Å²) in [4.78, 5) is 25.6. The van der Waals surface area contributed by atoms with Gasteiger partial charge in [0.25, 0.3) is 0 Å². The number of nitrogens with zero attached hydrogens (tertiary/aromatic N) is 2. The van der Waals surface area contributed by atoms with Crippen molar-refractivity contribution in [2.45, 2.75) is 6.92 Å². The fourth-order valence-electron chi connectivity index (χ4n) is 1.35. The number of nitrogens with one attached hydrogen (secondary N) is 2. The quantitative estimate of drug-likeness (QED) is 0.423. The van der Waals surface area contributed by atoms with Crippen LogP contribution >= 0.6 is 0 Å². The molecule has 1 heterocycles. The molecule has 104 valence electrons. The van der Waals surface area contributed by atoms with Crippen LogP contribution in [0.15, 0.2) is 12.3 Å². The van der Waals surface area contributed by atoms with Crippen molar-refractivity contribution in [3.05, 3.63) is 27.9 Å². The Hall–Kier alpha value is -2.22. The third kappa shape index (κ3) is 4.88. The lowest BCUT2D eigenvalue weighted by Crippen LogP contribution is -2.32. The maximum absolute atomic E-state index is 11.4. The van der Waals surface area contributed by atoms with Crippen LogP contribution in [0.1, 0.15) is 5.56 Å². The van der Waals surface area contributed by atoms with Crippen molar-refractivity contribution in [1.29, 1.82) is 0 Å². The number of carbonyl (C=O) groups excluding carboxylic acids is 1. The predicted molar refractivity (Wildman–Crippen MR) is 69.0 cm³/mol. The SMILES string of the molecule is COCCNC(=O)CNc1ncc(C)cc1[N+](=O)[O-]. The van der Waals surface area contributed by atoms with Crippen LogP contribution in [0.5, 0.6) is 0 Å². The van der Waals surface area contributed by atoms with Crippen molar-refractivity contribution in [3.8, 4) is 0 Å². The Labute approximate surface area is 110 Å². The van der Waals surface area contributed by atoms with Crippen molar-refractivity contribution >= 4 is 17.4 Å². The van der Waals surface area contributed by atoms with Crippen LogP contribution in [0.4, 0.5) is 11.5 Å². The number of amides is 1. The van der Waals surface area contributed by atoms with E-state index < -0.39 is 4.92 Å². The smallest absolute Gasteiger partial charge is 0.311 e. The molecule has 8 nitrogen and oxygen atoms in total. The maximum Gasteiger partial charge on any atom is 0.311 e. The molecule has 0 aliphatic heterocycles. The minimum atomic E-state index is -0.537. The van der Waals surface area contributed by atoms with Crippen LogP contribution < -0.4 is 10.6 Å². The topological polar surface area (TPSA) is 106 Å². The highest BCUT2D eigenvalue weighted by atomic mass is 16.6. The summed E-state index contributed by atoms with van der Waals surface area (Å²) in [5.74, 6) is -0.203. The average Bonchev–Trinajstić information content (AvgIpc) is 2.37. The van der Waals surface area contributed by atoms with Crippen molar-refractivity contribution in [3.63, 3.8) is 0 Å². The van der Waals surface area contributed by atoms with Crippen LogP contribution in [0.2, 0.25) is 0 Å². The molecule has 0 bridgehead atoms. The molecule has 0 aromatic carbocycles. The molecule has 0 spiro atoms. The Kier molecular flexibility index (Phi) is 5.68. The number of hydrogen-bond donors (Lipinski definition) is 2. The van der Waals surface area contributed by atoms with Crippen LogP contribution in [-0.4, -0.2) is 42.6 Å². The largest absolute Gasteiger partial charge is 0.383 e. The summed E-state index contributed by atoms with van der Waals surface area (Å²) < 4.78 is 4.78. The Bertz CT molecular complexity index is 464. The normalized spacial score (nSPS) is 10.0. The number of methoxy groups -OCH3 is 1. The van der Waals surface area contributed by atoms with Gasteiger partial charge in [-0.25, -0.2) is 4.98 Å². The predicted octanol–water partition coefficient (Wildman–Crippen LogP) is 0.473. The number of carbonyl (C=O) groups is 1. The molecule has 0 aliphatic rings. The summed E-state index contributed by atoms with van der Waals surface area (Å²) in [5, 5.41) is 16.1. The Balaban J connectivity index is 2.57. The Morgan fingerprint density at radius 1 is 1.58 bits per heavy atom. The van der Waals surface area contributed by atoms with Crippen molar-refractivity contribution in [2.24, 2.45) is 0 Å². The van der Waals surface area contributed by atoms with Gasteiger partial charge in [-0.1, -0.05) is 0 Å². The zero-order chi connectivity index (χ0) is 14.3. The van der Waals surface area contributed by atoms with Gasteiger partial charge in [0, 0.05) is 25.9 Å². The van der Waals surface area contributed by atoms with E-state index >= 15 is 0 Å². The van der Waals surface area contributed by atoms with Gasteiger partial charge in [0.1, 0.15) is 0 Å². The third-order valence-electron chi connectivity index (χ3n) is 2.25. The molecule has 0 radical (unpaired) electrons. The van der Waals surface area contributed by atoms with E-state index in [1.54, 1.807) is 6.92 Å². The average molecular weight is 268 g/mol. The summed E-state index contributed by atoms with van der Waals surface area (Å²) in [5.41, 5.74) is 0.534. The molecule has 1 aromatic rings. The summed E-state index contributed by atoms with van der Waals surface area (Å²) in [6.07, 6.45) is 1.50. The first-order valence-corrected chi connectivity index (χ1v) is 5.65. The second-order valence-corrected chi connectivity index (χ2v) is 3.83. The molecule has 8 heteroatoms. The van der Waals surface area contributed by atoms with Crippen molar-refractivity contribution in [2.75, 3.05) is 32.1 Å². The molecule has 0 fully saturated rings. The van der Waals surface area contributed by atoms with E-state index in [4.69, 9.17) is 4.74 Å². The van der Waals surface area contributed by atoms with E-state index in [2.05, 4.69) is 15.6 Å². The van der Waals surface area contributed by atoms with Gasteiger partial charge in [-0.05, 0) is 12.5 Å². The van der Waals surface area contributed by atoms with Gasteiger partial charge < -0.3 is 15.4 Å². The minimum absolute atomic E-state index is 0.0810. The number of hydrogen-bond acceptors (Lipinski definition) is 6. The highest BCUT2D eigenvalue weighted by Gasteiger charge is 2.15. The molecule has 1 rings (SSSR count). The van der Waals surface area contributed by atoms with E-state index in [1.807, 2.05) is 0 Å². The van der Waals surface area contributed by atoms with E-state index in [0.717, 1.165) is 0 Å². The number of pyridine rings is 1.